The van der Waals surface area contributed by atoms with Crippen LogP contribution in [0.3, 0.4) is 0 Å². The van der Waals surface area contributed by atoms with Gasteiger partial charge in [-0.2, -0.15) is 0 Å². The van der Waals surface area contributed by atoms with Crippen LogP contribution >= 0.6 is 0 Å². The lowest BCUT2D eigenvalue weighted by Gasteiger charge is -2.53. The van der Waals surface area contributed by atoms with Crippen LogP contribution in [0.5, 0.6) is 0 Å². The number of nitrogens with one attached hydrogen (secondary N) is 2. The van der Waals surface area contributed by atoms with E-state index in [4.69, 9.17) is 9.47 Å². The molecule has 0 aromatic rings. The van der Waals surface area contributed by atoms with Crippen molar-refractivity contribution in [1.29, 1.82) is 0 Å². The largest absolute Gasteiger partial charge is 0.382 e. The molecule has 8 nitrogen and oxygen atoms in total. The maximum atomic E-state index is 13.3. The quantitative estimate of drug-likeness (QED) is 0.480. The molecule has 4 bridgehead atoms. The lowest BCUT2D eigenvalue weighted by Crippen LogP contribution is -2.71. The zero-order valence-corrected chi connectivity index (χ0v) is 21.2. The van der Waals surface area contributed by atoms with Gasteiger partial charge in [0.05, 0.1) is 13.2 Å². The molecule has 192 valence electrons. The third-order valence-electron chi connectivity index (χ3n) is 9.67. The van der Waals surface area contributed by atoms with Gasteiger partial charge in [-0.05, 0) is 71.1 Å². The van der Waals surface area contributed by atoms with Crippen LogP contribution in [0.25, 0.3) is 0 Å². The highest BCUT2D eigenvalue weighted by molar-refractivity contribution is 5.93. The summed E-state index contributed by atoms with van der Waals surface area (Å²) in [5, 5.41) is 7.57. The van der Waals surface area contributed by atoms with Crippen molar-refractivity contribution in [3.8, 4) is 0 Å². The Morgan fingerprint density at radius 2 is 1.15 bits per heavy atom. The summed E-state index contributed by atoms with van der Waals surface area (Å²) < 4.78 is 11.2. The van der Waals surface area contributed by atoms with E-state index in [9.17, 15) is 9.59 Å². The number of Topliss-reactive ketones (excluding diaryl/α,β-unsaturated/α-hetero) is 2. The second-order valence-electron chi connectivity index (χ2n) is 11.5. The summed E-state index contributed by atoms with van der Waals surface area (Å²) in [5.41, 5.74) is -1.00. The zero-order chi connectivity index (χ0) is 23.8. The SMILES string of the molecule is COC[C@@]1(CN[C@@H]2CCC[C@H](NC[C@]3(COC)C(=O)C4CCN3CC4)C2)C(=O)C2CCN1CC2. The summed E-state index contributed by atoms with van der Waals surface area (Å²) >= 11 is 0. The number of fused-ring (bicyclic) bond motifs is 6. The minimum absolute atomic E-state index is 0.207. The first kappa shape index (κ1) is 24.8. The van der Waals surface area contributed by atoms with E-state index in [1.165, 1.54) is 0 Å². The number of piperidine rings is 6. The summed E-state index contributed by atoms with van der Waals surface area (Å²) in [5.74, 6) is 1.17. The summed E-state index contributed by atoms with van der Waals surface area (Å²) in [6, 6.07) is 0.762. The van der Waals surface area contributed by atoms with Gasteiger partial charge in [0.1, 0.15) is 11.1 Å². The van der Waals surface area contributed by atoms with E-state index >= 15 is 0 Å². The van der Waals surface area contributed by atoms with Gasteiger partial charge in [0.25, 0.3) is 0 Å². The Labute approximate surface area is 204 Å². The second kappa shape index (κ2) is 10.2. The van der Waals surface area contributed by atoms with Gasteiger partial charge in [0.15, 0.2) is 11.6 Å². The molecule has 7 fully saturated rings. The molecule has 1 aliphatic carbocycles. The molecule has 0 unspecified atom stereocenters. The molecule has 6 aliphatic heterocycles. The van der Waals surface area contributed by atoms with E-state index in [1.807, 2.05) is 0 Å². The molecule has 1 saturated carbocycles. The Kier molecular flexibility index (Phi) is 7.45. The van der Waals surface area contributed by atoms with Crippen LogP contribution in [0.4, 0.5) is 0 Å². The fourth-order valence-corrected chi connectivity index (χ4v) is 7.70. The first-order chi connectivity index (χ1) is 16.5. The van der Waals surface area contributed by atoms with E-state index in [2.05, 4.69) is 20.4 Å². The molecule has 2 N–H and O–H groups in total. The molecule has 0 aromatic carbocycles. The van der Waals surface area contributed by atoms with Crippen LogP contribution in [0.1, 0.15) is 51.4 Å². The van der Waals surface area contributed by atoms with Gasteiger partial charge in [-0.1, -0.05) is 6.42 Å². The smallest absolute Gasteiger partial charge is 0.159 e. The summed E-state index contributed by atoms with van der Waals surface area (Å²) in [4.78, 5) is 31.3. The number of rotatable bonds is 10. The topological polar surface area (TPSA) is 83.1 Å². The first-order valence-electron chi connectivity index (χ1n) is 13.6. The first-order valence-corrected chi connectivity index (χ1v) is 13.6. The highest BCUT2D eigenvalue weighted by Gasteiger charge is 2.54. The zero-order valence-electron chi connectivity index (χ0n) is 21.2. The monoisotopic (exact) mass is 476 g/mol. The number of hydrogen-bond acceptors (Lipinski definition) is 8. The number of nitrogens with zero attached hydrogens (tertiary/aromatic N) is 2. The maximum absolute atomic E-state index is 13.3. The minimum Gasteiger partial charge on any atom is -0.382 e. The lowest BCUT2D eigenvalue weighted by atomic mass is 9.73. The number of carbonyl (C=O) groups excluding carboxylic acids is 2. The molecule has 0 aromatic heterocycles. The van der Waals surface area contributed by atoms with Crippen molar-refractivity contribution in [3.05, 3.63) is 0 Å². The molecule has 8 heteroatoms. The third-order valence-corrected chi connectivity index (χ3v) is 9.67. The number of ether oxygens (including phenoxy) is 2. The van der Waals surface area contributed by atoms with Gasteiger partial charge >= 0.3 is 0 Å². The Hall–Kier alpha value is -0.900. The molecule has 34 heavy (non-hydrogen) atoms. The molecule has 0 spiro atoms. The summed E-state index contributed by atoms with van der Waals surface area (Å²) in [6.45, 7) is 6.31. The fraction of sp³-hybridized carbons (Fsp3) is 0.923. The van der Waals surface area contributed by atoms with Gasteiger partial charge in [-0.3, -0.25) is 19.4 Å². The van der Waals surface area contributed by atoms with Crippen LogP contribution in [0, 0.1) is 11.8 Å². The van der Waals surface area contributed by atoms with Crippen molar-refractivity contribution < 1.29 is 19.1 Å². The molecular formula is C26H44N4O4. The van der Waals surface area contributed by atoms with Crippen molar-refractivity contribution in [1.82, 2.24) is 20.4 Å². The predicted molar refractivity (Wildman–Crippen MR) is 130 cm³/mol. The normalized spacial score (nSPS) is 44.1. The van der Waals surface area contributed by atoms with Crippen molar-refractivity contribution in [2.75, 3.05) is 66.7 Å². The highest BCUT2D eigenvalue weighted by atomic mass is 16.5. The highest BCUT2D eigenvalue weighted by Crippen LogP contribution is 2.38. The minimum atomic E-state index is -0.500. The van der Waals surface area contributed by atoms with Gasteiger partial charge in [0.2, 0.25) is 0 Å². The average molecular weight is 477 g/mol. The summed E-state index contributed by atoms with van der Waals surface area (Å²) in [7, 11) is 3.42. The molecule has 6 saturated heterocycles. The van der Waals surface area contributed by atoms with Gasteiger partial charge in [-0.25, -0.2) is 0 Å². The van der Waals surface area contributed by atoms with Crippen LogP contribution in [0.15, 0.2) is 0 Å². The fourth-order valence-electron chi connectivity index (χ4n) is 7.70. The summed E-state index contributed by atoms with van der Waals surface area (Å²) in [6.07, 6.45) is 8.45. The van der Waals surface area contributed by atoms with Crippen molar-refractivity contribution in [2.45, 2.75) is 74.5 Å². The number of hydrogen-bond donors (Lipinski definition) is 2. The Morgan fingerprint density at radius 3 is 1.50 bits per heavy atom. The average Bonchev–Trinajstić information content (AvgIpc) is 2.88. The van der Waals surface area contributed by atoms with Crippen LogP contribution < -0.4 is 10.6 Å². The second-order valence-corrected chi connectivity index (χ2v) is 11.5. The molecule has 6 heterocycles. The van der Waals surface area contributed by atoms with Gasteiger partial charge in [-0.15, -0.1) is 0 Å². The molecular weight excluding hydrogens is 432 g/mol. The van der Waals surface area contributed by atoms with E-state index in [0.717, 1.165) is 77.5 Å². The molecule has 0 amide bonds. The van der Waals surface area contributed by atoms with E-state index < -0.39 is 11.1 Å². The van der Waals surface area contributed by atoms with E-state index in [0.29, 0.717) is 50.0 Å². The van der Waals surface area contributed by atoms with Crippen LogP contribution in [-0.2, 0) is 19.1 Å². The van der Waals surface area contributed by atoms with Crippen molar-refractivity contribution >= 4 is 11.6 Å². The van der Waals surface area contributed by atoms with E-state index in [1.54, 1.807) is 14.2 Å². The van der Waals surface area contributed by atoms with Crippen molar-refractivity contribution in [2.24, 2.45) is 11.8 Å². The molecule has 0 radical (unpaired) electrons. The number of methoxy groups -OCH3 is 2. The Morgan fingerprint density at radius 1 is 0.735 bits per heavy atom. The number of ketones is 2. The Bertz CT molecular complexity index is 689. The number of carbonyl (C=O) groups is 2. The molecule has 4 atom stereocenters. The van der Waals surface area contributed by atoms with Crippen LogP contribution in [-0.4, -0.2) is 111 Å². The van der Waals surface area contributed by atoms with E-state index in [-0.39, 0.29) is 11.8 Å². The predicted octanol–water partition coefficient (Wildman–Crippen LogP) is 0.837. The van der Waals surface area contributed by atoms with Crippen molar-refractivity contribution in [3.63, 3.8) is 0 Å². The Balaban J connectivity index is 1.19. The molecule has 7 aliphatic rings. The molecule has 7 rings (SSSR count). The van der Waals surface area contributed by atoms with Gasteiger partial charge < -0.3 is 20.1 Å². The standard InChI is InChI=1S/C26H44N4O4/c1-33-17-25(23(31)19-6-10-29(25)11-7-19)15-27-21-4-3-5-22(14-21)28-16-26(18-34-2)24(32)20-8-12-30(26)13-9-20/h19-22,27-28H,3-18H2,1-2H3/t21-,22+,25-,26-/m0/s1. The lowest BCUT2D eigenvalue weighted by molar-refractivity contribution is -0.153. The van der Waals surface area contributed by atoms with Gasteiger partial charge in [0, 0.05) is 51.2 Å². The maximum Gasteiger partial charge on any atom is 0.159 e. The third kappa shape index (κ3) is 4.28. The van der Waals surface area contributed by atoms with Crippen LogP contribution in [0.2, 0.25) is 0 Å².